The molecule has 1 unspecified atom stereocenters. The molecule has 0 fully saturated rings. The lowest BCUT2D eigenvalue weighted by molar-refractivity contribution is 0.414. The third-order valence-corrected chi connectivity index (χ3v) is 3.60. The van der Waals surface area contributed by atoms with Crippen LogP contribution in [0.15, 0.2) is 23.2 Å². The number of benzene rings is 1. The number of guanidine groups is 1. The van der Waals surface area contributed by atoms with E-state index in [9.17, 15) is 0 Å². The Bertz CT molecular complexity index is 463. The van der Waals surface area contributed by atoms with E-state index >= 15 is 0 Å². The molecule has 0 aliphatic heterocycles. The van der Waals surface area contributed by atoms with Gasteiger partial charge in [-0.3, -0.25) is 4.99 Å². The van der Waals surface area contributed by atoms with Crippen LogP contribution in [0.5, 0.6) is 5.75 Å². The van der Waals surface area contributed by atoms with Crippen LogP contribution in [0.2, 0.25) is 5.02 Å². The van der Waals surface area contributed by atoms with Crippen LogP contribution in [-0.2, 0) is 6.42 Å². The first-order chi connectivity index (χ1) is 10.1. The Morgan fingerprint density at radius 2 is 2.14 bits per heavy atom. The van der Waals surface area contributed by atoms with Crippen molar-refractivity contribution in [3.8, 4) is 5.75 Å². The van der Waals surface area contributed by atoms with Crippen LogP contribution in [0.3, 0.4) is 0 Å². The van der Waals surface area contributed by atoms with Crippen molar-refractivity contribution < 1.29 is 4.74 Å². The van der Waals surface area contributed by atoms with Gasteiger partial charge in [0.15, 0.2) is 5.96 Å². The van der Waals surface area contributed by atoms with E-state index in [1.165, 1.54) is 0 Å². The highest BCUT2D eigenvalue weighted by atomic mass is 35.5. The molecule has 118 valence electrons. The second-order valence-electron chi connectivity index (χ2n) is 4.92. The molecule has 0 amide bonds. The maximum atomic E-state index is 6.23. The lowest BCUT2D eigenvalue weighted by atomic mass is 10.1. The number of ether oxygens (including phenoxy) is 1. The molecule has 1 rings (SSSR count). The highest BCUT2D eigenvalue weighted by molar-refractivity contribution is 6.31. The molecule has 1 aromatic carbocycles. The maximum Gasteiger partial charge on any atom is 0.191 e. The van der Waals surface area contributed by atoms with Gasteiger partial charge >= 0.3 is 0 Å². The summed E-state index contributed by atoms with van der Waals surface area (Å²) in [6.07, 6.45) is 1.87. The molecule has 2 N–H and O–H groups in total. The van der Waals surface area contributed by atoms with Crippen molar-refractivity contribution in [2.75, 3.05) is 20.2 Å². The van der Waals surface area contributed by atoms with E-state index in [1.807, 2.05) is 18.2 Å². The van der Waals surface area contributed by atoms with Crippen LogP contribution in [0, 0.1) is 0 Å². The monoisotopic (exact) mass is 311 g/mol. The Hall–Kier alpha value is -1.42. The van der Waals surface area contributed by atoms with Gasteiger partial charge in [0.2, 0.25) is 0 Å². The Morgan fingerprint density at radius 3 is 2.71 bits per heavy atom. The van der Waals surface area contributed by atoms with Gasteiger partial charge in [-0.05, 0) is 44.4 Å². The van der Waals surface area contributed by atoms with Crippen LogP contribution < -0.4 is 15.4 Å². The van der Waals surface area contributed by atoms with E-state index in [-0.39, 0.29) is 0 Å². The normalized spacial score (nSPS) is 12.9. The second kappa shape index (κ2) is 9.50. The molecule has 0 aromatic heterocycles. The van der Waals surface area contributed by atoms with Gasteiger partial charge in [-0.1, -0.05) is 24.6 Å². The average molecular weight is 312 g/mol. The highest BCUT2D eigenvalue weighted by Crippen LogP contribution is 2.22. The summed E-state index contributed by atoms with van der Waals surface area (Å²) in [5.74, 6) is 1.63. The van der Waals surface area contributed by atoms with Crippen LogP contribution in [0.25, 0.3) is 0 Å². The first-order valence-corrected chi connectivity index (χ1v) is 7.85. The molecule has 0 saturated carbocycles. The first kappa shape index (κ1) is 17.6. The van der Waals surface area contributed by atoms with Crippen molar-refractivity contribution in [2.45, 2.75) is 39.7 Å². The summed E-state index contributed by atoms with van der Waals surface area (Å²) >= 11 is 6.23. The van der Waals surface area contributed by atoms with Gasteiger partial charge in [-0.15, -0.1) is 0 Å². The smallest absolute Gasteiger partial charge is 0.191 e. The molecule has 4 nitrogen and oxygen atoms in total. The minimum absolute atomic E-state index is 0.410. The molecule has 1 atom stereocenters. The van der Waals surface area contributed by atoms with Crippen molar-refractivity contribution in [3.05, 3.63) is 28.8 Å². The molecule has 0 saturated heterocycles. The standard InChI is InChI=1S/C16H26ClN3O/c1-5-12(3)20-16(18-6-2)19-10-9-13-7-8-14(21-4)11-15(13)17/h7-8,11-12H,5-6,9-10H2,1-4H3,(H2,18,19,20). The summed E-state index contributed by atoms with van der Waals surface area (Å²) < 4.78 is 5.15. The van der Waals surface area contributed by atoms with Gasteiger partial charge in [0.05, 0.1) is 7.11 Å². The summed E-state index contributed by atoms with van der Waals surface area (Å²) in [5.41, 5.74) is 1.08. The zero-order chi connectivity index (χ0) is 15.7. The van der Waals surface area contributed by atoms with Crippen molar-refractivity contribution in [3.63, 3.8) is 0 Å². The molecule has 1 aromatic rings. The largest absolute Gasteiger partial charge is 0.497 e. The second-order valence-corrected chi connectivity index (χ2v) is 5.33. The predicted octanol–water partition coefficient (Wildman–Crippen LogP) is 3.24. The fourth-order valence-electron chi connectivity index (χ4n) is 1.80. The Morgan fingerprint density at radius 1 is 1.38 bits per heavy atom. The molecule has 0 heterocycles. The van der Waals surface area contributed by atoms with E-state index in [1.54, 1.807) is 7.11 Å². The van der Waals surface area contributed by atoms with Gasteiger partial charge in [0.1, 0.15) is 5.75 Å². The van der Waals surface area contributed by atoms with Gasteiger partial charge < -0.3 is 15.4 Å². The topological polar surface area (TPSA) is 45.7 Å². The quantitative estimate of drug-likeness (QED) is 0.600. The number of hydrogen-bond donors (Lipinski definition) is 2. The maximum absolute atomic E-state index is 6.23. The fraction of sp³-hybridized carbons (Fsp3) is 0.562. The SMILES string of the molecule is CCNC(=NCCc1ccc(OC)cc1Cl)NC(C)CC. The number of aliphatic imine (C=N–C) groups is 1. The number of nitrogens with zero attached hydrogens (tertiary/aromatic N) is 1. The lowest BCUT2D eigenvalue weighted by Gasteiger charge is -2.16. The van der Waals surface area contributed by atoms with E-state index in [4.69, 9.17) is 16.3 Å². The van der Waals surface area contributed by atoms with Crippen molar-refractivity contribution in [1.82, 2.24) is 10.6 Å². The van der Waals surface area contributed by atoms with Crippen LogP contribution in [0.4, 0.5) is 0 Å². The highest BCUT2D eigenvalue weighted by Gasteiger charge is 2.04. The minimum Gasteiger partial charge on any atom is -0.497 e. The number of halogens is 1. The Labute approximate surface area is 132 Å². The van der Waals surface area contributed by atoms with Crippen LogP contribution in [0.1, 0.15) is 32.8 Å². The number of methoxy groups -OCH3 is 1. The lowest BCUT2D eigenvalue weighted by Crippen LogP contribution is -2.42. The zero-order valence-electron chi connectivity index (χ0n) is 13.4. The molecule has 0 spiro atoms. The summed E-state index contributed by atoms with van der Waals surface area (Å²) in [6, 6.07) is 6.16. The van der Waals surface area contributed by atoms with Crippen LogP contribution >= 0.6 is 11.6 Å². The van der Waals surface area contributed by atoms with Crippen molar-refractivity contribution in [1.29, 1.82) is 0 Å². The third kappa shape index (κ3) is 6.25. The summed E-state index contributed by atoms with van der Waals surface area (Å²) in [5, 5.41) is 7.35. The van der Waals surface area contributed by atoms with E-state index in [2.05, 4.69) is 36.4 Å². The van der Waals surface area contributed by atoms with Crippen molar-refractivity contribution >= 4 is 17.6 Å². The zero-order valence-corrected chi connectivity index (χ0v) is 14.1. The third-order valence-electron chi connectivity index (χ3n) is 3.25. The fourth-order valence-corrected chi connectivity index (χ4v) is 2.07. The van der Waals surface area contributed by atoms with E-state index < -0.39 is 0 Å². The molecule has 21 heavy (non-hydrogen) atoms. The molecule has 0 aliphatic rings. The molecule has 0 aliphatic carbocycles. The van der Waals surface area contributed by atoms with Gasteiger partial charge in [-0.2, -0.15) is 0 Å². The predicted molar refractivity (Wildman–Crippen MR) is 90.6 cm³/mol. The molecule has 5 heteroatoms. The van der Waals surface area contributed by atoms with E-state index in [0.717, 1.165) is 41.7 Å². The van der Waals surface area contributed by atoms with Crippen molar-refractivity contribution in [2.24, 2.45) is 4.99 Å². The molecule has 0 bridgehead atoms. The first-order valence-electron chi connectivity index (χ1n) is 7.47. The van der Waals surface area contributed by atoms with Gasteiger partial charge in [0.25, 0.3) is 0 Å². The molecular formula is C16H26ClN3O. The van der Waals surface area contributed by atoms with Gasteiger partial charge in [0, 0.05) is 24.2 Å². The van der Waals surface area contributed by atoms with E-state index in [0.29, 0.717) is 12.6 Å². The summed E-state index contributed by atoms with van der Waals surface area (Å²) in [4.78, 5) is 4.58. The average Bonchev–Trinajstić information content (AvgIpc) is 2.48. The number of nitrogens with one attached hydrogen (secondary N) is 2. The van der Waals surface area contributed by atoms with Crippen LogP contribution in [-0.4, -0.2) is 32.2 Å². The summed E-state index contributed by atoms with van der Waals surface area (Å²) in [7, 11) is 1.64. The Kier molecular flexibility index (Phi) is 7.98. The Balaban J connectivity index is 2.61. The molecular weight excluding hydrogens is 286 g/mol. The number of rotatable bonds is 7. The summed E-state index contributed by atoms with van der Waals surface area (Å²) in [6.45, 7) is 7.91. The number of hydrogen-bond acceptors (Lipinski definition) is 2. The minimum atomic E-state index is 0.410. The molecule has 0 radical (unpaired) electrons. The van der Waals surface area contributed by atoms with Gasteiger partial charge in [-0.25, -0.2) is 0 Å².